The molecule has 1 fully saturated rings. The Hall–Kier alpha value is -2.39. The van der Waals surface area contributed by atoms with Gasteiger partial charge in [0, 0.05) is 6.04 Å². The first-order valence-electron chi connectivity index (χ1n) is 8.11. The van der Waals surface area contributed by atoms with Crippen molar-refractivity contribution in [1.29, 1.82) is 0 Å². The molecule has 1 saturated carbocycles. The van der Waals surface area contributed by atoms with Crippen LogP contribution in [-0.2, 0) is 27.5 Å². The van der Waals surface area contributed by atoms with E-state index >= 15 is 0 Å². The van der Waals surface area contributed by atoms with Crippen LogP contribution < -0.4 is 4.72 Å². The molecule has 0 unspecified atom stereocenters. The molecule has 144 valence electrons. The molecule has 0 radical (unpaired) electrons. The zero-order valence-corrected chi connectivity index (χ0v) is 14.8. The Morgan fingerprint density at radius 3 is 2.37 bits per heavy atom. The SMILES string of the molecule is O=C(OCc1ccc(C(F)(F)F)cc1)c1cccc(S(=O)(=O)NC2CC2)c1. The number of rotatable bonds is 6. The number of ether oxygens (including phenoxy) is 1. The molecule has 0 saturated heterocycles. The quantitative estimate of drug-likeness (QED) is 0.755. The zero-order valence-electron chi connectivity index (χ0n) is 14.0. The minimum atomic E-state index is -4.43. The molecule has 5 nitrogen and oxygen atoms in total. The number of halogens is 3. The smallest absolute Gasteiger partial charge is 0.416 e. The molecule has 2 aromatic carbocycles. The summed E-state index contributed by atoms with van der Waals surface area (Å²) in [7, 11) is -3.70. The molecule has 0 spiro atoms. The average Bonchev–Trinajstić information content (AvgIpc) is 3.42. The second kappa shape index (κ2) is 7.32. The molecule has 2 aromatic rings. The van der Waals surface area contributed by atoms with Crippen LogP contribution in [0.25, 0.3) is 0 Å². The summed E-state index contributed by atoms with van der Waals surface area (Å²) in [5.41, 5.74) is -0.366. The molecule has 0 heterocycles. The highest BCUT2D eigenvalue weighted by Crippen LogP contribution is 2.29. The van der Waals surface area contributed by atoms with Crippen molar-refractivity contribution in [3.63, 3.8) is 0 Å². The predicted molar refractivity (Wildman–Crippen MR) is 90.3 cm³/mol. The van der Waals surface area contributed by atoms with Crippen molar-refractivity contribution in [3.8, 4) is 0 Å². The molecule has 0 amide bonds. The van der Waals surface area contributed by atoms with Crippen molar-refractivity contribution in [2.75, 3.05) is 0 Å². The Balaban J connectivity index is 1.65. The van der Waals surface area contributed by atoms with Gasteiger partial charge in [0.25, 0.3) is 0 Å². The van der Waals surface area contributed by atoms with Crippen LogP contribution >= 0.6 is 0 Å². The molecule has 0 bridgehead atoms. The second-order valence-electron chi connectivity index (χ2n) is 6.19. The first-order chi connectivity index (χ1) is 12.6. The van der Waals surface area contributed by atoms with Gasteiger partial charge in [-0.2, -0.15) is 13.2 Å². The van der Waals surface area contributed by atoms with Gasteiger partial charge >= 0.3 is 12.1 Å². The van der Waals surface area contributed by atoms with Crippen LogP contribution in [0, 0.1) is 0 Å². The Morgan fingerprint density at radius 2 is 1.78 bits per heavy atom. The maximum Gasteiger partial charge on any atom is 0.416 e. The van der Waals surface area contributed by atoms with Crippen molar-refractivity contribution in [2.45, 2.75) is 36.6 Å². The monoisotopic (exact) mass is 399 g/mol. The van der Waals surface area contributed by atoms with Crippen LogP contribution in [-0.4, -0.2) is 20.4 Å². The van der Waals surface area contributed by atoms with Gasteiger partial charge in [-0.25, -0.2) is 17.9 Å². The van der Waals surface area contributed by atoms with E-state index in [0.717, 1.165) is 25.0 Å². The third kappa shape index (κ3) is 5.08. The summed E-state index contributed by atoms with van der Waals surface area (Å²) in [6.07, 6.45) is -2.86. The fraction of sp³-hybridized carbons (Fsp3) is 0.278. The molecule has 0 atom stereocenters. The molecule has 0 aliphatic heterocycles. The van der Waals surface area contributed by atoms with Crippen molar-refractivity contribution in [3.05, 3.63) is 65.2 Å². The van der Waals surface area contributed by atoms with Gasteiger partial charge in [0.2, 0.25) is 10.0 Å². The minimum absolute atomic E-state index is 0.0422. The van der Waals surface area contributed by atoms with Crippen molar-refractivity contribution in [2.24, 2.45) is 0 Å². The Bertz CT molecular complexity index is 936. The molecule has 9 heteroatoms. The fourth-order valence-corrected chi connectivity index (χ4v) is 3.65. The van der Waals surface area contributed by atoms with Crippen LogP contribution in [0.5, 0.6) is 0 Å². The molecule has 1 N–H and O–H groups in total. The number of benzene rings is 2. The number of carbonyl (C=O) groups is 1. The third-order valence-electron chi connectivity index (χ3n) is 3.93. The molecule has 1 aliphatic rings. The van der Waals surface area contributed by atoms with Gasteiger partial charge in [-0.15, -0.1) is 0 Å². The van der Waals surface area contributed by atoms with Gasteiger partial charge in [0.1, 0.15) is 6.61 Å². The highest BCUT2D eigenvalue weighted by atomic mass is 32.2. The maximum absolute atomic E-state index is 12.5. The lowest BCUT2D eigenvalue weighted by molar-refractivity contribution is -0.137. The van der Waals surface area contributed by atoms with Crippen LogP contribution in [0.3, 0.4) is 0 Å². The number of alkyl halides is 3. The predicted octanol–water partition coefficient (Wildman–Crippen LogP) is 3.50. The van der Waals surface area contributed by atoms with E-state index < -0.39 is 27.7 Å². The van der Waals surface area contributed by atoms with Gasteiger partial charge in [0.05, 0.1) is 16.0 Å². The summed E-state index contributed by atoms with van der Waals surface area (Å²) in [4.78, 5) is 12.1. The van der Waals surface area contributed by atoms with E-state index in [0.29, 0.717) is 5.56 Å². The molecule has 27 heavy (non-hydrogen) atoms. The van der Waals surface area contributed by atoms with Gasteiger partial charge in [-0.1, -0.05) is 18.2 Å². The lowest BCUT2D eigenvalue weighted by Gasteiger charge is -2.09. The summed E-state index contributed by atoms with van der Waals surface area (Å²) < 4.78 is 69.6. The van der Waals surface area contributed by atoms with Crippen LogP contribution in [0.15, 0.2) is 53.4 Å². The number of hydrogen-bond donors (Lipinski definition) is 1. The Morgan fingerprint density at radius 1 is 1.11 bits per heavy atom. The highest BCUT2D eigenvalue weighted by molar-refractivity contribution is 7.89. The summed E-state index contributed by atoms with van der Waals surface area (Å²) >= 11 is 0. The van der Waals surface area contributed by atoms with Gasteiger partial charge < -0.3 is 4.74 Å². The van der Waals surface area contributed by atoms with Crippen molar-refractivity contribution < 1.29 is 31.1 Å². The fourth-order valence-electron chi connectivity index (χ4n) is 2.30. The first kappa shape index (κ1) is 19.4. The first-order valence-corrected chi connectivity index (χ1v) is 9.59. The van der Waals surface area contributed by atoms with Crippen LogP contribution in [0.4, 0.5) is 13.2 Å². The van der Waals surface area contributed by atoms with E-state index in [4.69, 9.17) is 4.74 Å². The van der Waals surface area contributed by atoms with E-state index in [9.17, 15) is 26.4 Å². The Labute approximate surface area is 154 Å². The lowest BCUT2D eigenvalue weighted by Crippen LogP contribution is -2.25. The van der Waals surface area contributed by atoms with E-state index in [1.165, 1.54) is 36.4 Å². The average molecular weight is 399 g/mol. The van der Waals surface area contributed by atoms with Gasteiger partial charge in [-0.3, -0.25) is 0 Å². The van der Waals surface area contributed by atoms with Crippen molar-refractivity contribution in [1.82, 2.24) is 4.72 Å². The number of nitrogens with one attached hydrogen (secondary N) is 1. The van der Waals surface area contributed by atoms with E-state index in [2.05, 4.69) is 4.72 Å². The largest absolute Gasteiger partial charge is 0.457 e. The third-order valence-corrected chi connectivity index (χ3v) is 5.45. The summed E-state index contributed by atoms with van der Waals surface area (Å²) in [6.45, 7) is -0.228. The summed E-state index contributed by atoms with van der Waals surface area (Å²) in [5.74, 6) is -0.765. The highest BCUT2D eigenvalue weighted by Gasteiger charge is 2.30. The van der Waals surface area contributed by atoms with Gasteiger partial charge in [0.15, 0.2) is 0 Å². The standard InChI is InChI=1S/C18H16F3NO4S/c19-18(20,21)14-6-4-12(5-7-14)11-26-17(23)13-2-1-3-16(10-13)27(24,25)22-15-8-9-15/h1-7,10,15,22H,8-9,11H2. The van der Waals surface area contributed by atoms with Crippen LogP contribution in [0.1, 0.15) is 34.3 Å². The van der Waals surface area contributed by atoms with E-state index in [1.807, 2.05) is 0 Å². The lowest BCUT2D eigenvalue weighted by atomic mass is 10.1. The van der Waals surface area contributed by atoms with Gasteiger partial charge in [-0.05, 0) is 48.7 Å². The molecule has 1 aliphatic carbocycles. The molecular formula is C18H16F3NO4S. The normalized spacial score (nSPS) is 14.8. The molecule has 3 rings (SSSR count). The Kier molecular flexibility index (Phi) is 5.25. The van der Waals surface area contributed by atoms with Crippen LogP contribution in [0.2, 0.25) is 0 Å². The summed E-state index contributed by atoms with van der Waals surface area (Å²) in [6, 6.07) is 9.59. The topological polar surface area (TPSA) is 72.5 Å². The maximum atomic E-state index is 12.5. The molecular weight excluding hydrogens is 383 g/mol. The number of hydrogen-bond acceptors (Lipinski definition) is 4. The number of sulfonamides is 1. The van der Waals surface area contributed by atoms with E-state index in [-0.39, 0.29) is 23.1 Å². The minimum Gasteiger partial charge on any atom is -0.457 e. The van der Waals surface area contributed by atoms with Crippen molar-refractivity contribution >= 4 is 16.0 Å². The number of carbonyl (C=O) groups excluding carboxylic acids is 1. The van der Waals surface area contributed by atoms with E-state index in [1.54, 1.807) is 0 Å². The zero-order chi connectivity index (χ0) is 19.7. The second-order valence-corrected chi connectivity index (χ2v) is 7.91. The summed E-state index contributed by atoms with van der Waals surface area (Å²) in [5, 5.41) is 0. The molecule has 0 aromatic heterocycles. The number of esters is 1.